The summed E-state index contributed by atoms with van der Waals surface area (Å²) in [6.07, 6.45) is 6.07. The molecule has 112 valence electrons. The summed E-state index contributed by atoms with van der Waals surface area (Å²) in [5.41, 5.74) is 1.03. The van der Waals surface area contributed by atoms with E-state index in [2.05, 4.69) is 22.9 Å². The quantitative estimate of drug-likeness (QED) is 0.401. The van der Waals surface area contributed by atoms with Crippen LogP contribution in [0.2, 0.25) is 0 Å². The number of unbranched alkanes of at least 4 members (excludes halogenated alkanes) is 1. The van der Waals surface area contributed by atoms with Gasteiger partial charge >= 0.3 is 0 Å². The molecule has 0 spiro atoms. The zero-order valence-electron chi connectivity index (χ0n) is 11.9. The van der Waals surface area contributed by atoms with Crippen LogP contribution in [0.25, 0.3) is 0 Å². The third-order valence-corrected chi connectivity index (χ3v) is 6.25. The highest BCUT2D eigenvalue weighted by Gasteiger charge is 2.24. The van der Waals surface area contributed by atoms with E-state index in [9.17, 15) is 8.42 Å². The molecule has 1 aromatic carbocycles. The van der Waals surface area contributed by atoms with Crippen molar-refractivity contribution in [3.8, 4) is 0 Å². The molecule has 0 amide bonds. The van der Waals surface area contributed by atoms with E-state index in [-0.39, 0.29) is 6.61 Å². The Hall–Kier alpha value is -0.650. The van der Waals surface area contributed by atoms with Crippen LogP contribution in [0.5, 0.6) is 0 Å². The fraction of sp³-hybridized carbons (Fsp3) is 0.467. The maximum Gasteiger partial charge on any atom is 0.193 e. The molecule has 0 N–H and O–H groups in total. The predicted molar refractivity (Wildman–Crippen MR) is 85.9 cm³/mol. The number of sulfone groups is 1. The Balaban J connectivity index is 2.53. The fourth-order valence-electron chi connectivity index (χ4n) is 1.55. The van der Waals surface area contributed by atoms with E-state index in [1.54, 1.807) is 24.3 Å². The SMILES string of the molecule is CCCC=CCOCC(Br)S(=O)(=O)c1ccc(C)cc1. The zero-order valence-corrected chi connectivity index (χ0v) is 14.3. The number of hydrogen-bond acceptors (Lipinski definition) is 3. The first kappa shape index (κ1) is 17.4. The van der Waals surface area contributed by atoms with E-state index in [1.807, 2.05) is 19.1 Å². The smallest absolute Gasteiger partial charge is 0.193 e. The molecule has 1 aromatic rings. The van der Waals surface area contributed by atoms with Crippen molar-refractivity contribution < 1.29 is 13.2 Å². The van der Waals surface area contributed by atoms with Gasteiger partial charge in [0.2, 0.25) is 0 Å². The Morgan fingerprint density at radius 2 is 1.90 bits per heavy atom. The van der Waals surface area contributed by atoms with Crippen LogP contribution in [0.3, 0.4) is 0 Å². The lowest BCUT2D eigenvalue weighted by atomic mass is 10.2. The number of hydrogen-bond donors (Lipinski definition) is 0. The van der Waals surface area contributed by atoms with E-state index in [4.69, 9.17) is 4.74 Å². The van der Waals surface area contributed by atoms with E-state index in [0.29, 0.717) is 11.5 Å². The van der Waals surface area contributed by atoms with Crippen LogP contribution >= 0.6 is 15.9 Å². The van der Waals surface area contributed by atoms with Gasteiger partial charge in [-0.15, -0.1) is 0 Å². The largest absolute Gasteiger partial charge is 0.375 e. The molecule has 0 aliphatic rings. The minimum Gasteiger partial charge on any atom is -0.375 e. The van der Waals surface area contributed by atoms with Gasteiger partial charge in [-0.2, -0.15) is 0 Å². The van der Waals surface area contributed by atoms with Crippen LogP contribution in [0.15, 0.2) is 41.3 Å². The molecule has 20 heavy (non-hydrogen) atoms. The molecule has 0 aromatic heterocycles. The number of ether oxygens (including phenoxy) is 1. The van der Waals surface area contributed by atoms with Crippen LogP contribution < -0.4 is 0 Å². The minimum atomic E-state index is -3.39. The second-order valence-corrected chi connectivity index (χ2v) is 8.41. The maximum atomic E-state index is 12.3. The van der Waals surface area contributed by atoms with Gasteiger partial charge in [0, 0.05) is 0 Å². The first-order chi connectivity index (χ1) is 9.48. The molecular formula is C15H21BrO3S. The summed E-state index contributed by atoms with van der Waals surface area (Å²) < 4.78 is 29.2. The van der Waals surface area contributed by atoms with Crippen molar-refractivity contribution in [2.45, 2.75) is 35.7 Å². The Bertz CT molecular complexity index is 521. The van der Waals surface area contributed by atoms with E-state index in [0.717, 1.165) is 18.4 Å². The normalized spacial score (nSPS) is 13.8. The Morgan fingerprint density at radius 3 is 2.50 bits per heavy atom. The molecule has 3 nitrogen and oxygen atoms in total. The highest BCUT2D eigenvalue weighted by molar-refractivity contribution is 9.11. The highest BCUT2D eigenvalue weighted by Crippen LogP contribution is 2.21. The summed E-state index contributed by atoms with van der Waals surface area (Å²) in [5.74, 6) is 0. The molecule has 0 saturated carbocycles. The number of rotatable bonds is 8. The van der Waals surface area contributed by atoms with Crippen molar-refractivity contribution >= 4 is 25.8 Å². The van der Waals surface area contributed by atoms with Crippen molar-refractivity contribution in [2.24, 2.45) is 0 Å². The molecule has 0 bridgehead atoms. The molecule has 0 saturated heterocycles. The Kier molecular flexibility index (Phi) is 7.48. The standard InChI is InChI=1S/C15H21BrO3S/c1-3-4-5-6-11-19-12-15(16)20(17,18)14-9-7-13(2)8-10-14/h5-10,15H,3-4,11-12H2,1-2H3. The molecule has 0 aliphatic carbocycles. The molecule has 0 fully saturated rings. The third kappa shape index (κ3) is 5.38. The second-order valence-electron chi connectivity index (χ2n) is 4.57. The first-order valence-electron chi connectivity index (χ1n) is 6.66. The van der Waals surface area contributed by atoms with Crippen LogP contribution in [0.1, 0.15) is 25.3 Å². The Morgan fingerprint density at radius 1 is 1.25 bits per heavy atom. The van der Waals surface area contributed by atoms with Gasteiger partial charge in [0.15, 0.2) is 9.84 Å². The third-order valence-electron chi connectivity index (χ3n) is 2.77. The van der Waals surface area contributed by atoms with Crippen molar-refractivity contribution in [3.63, 3.8) is 0 Å². The van der Waals surface area contributed by atoms with Gasteiger partial charge in [0.05, 0.1) is 18.1 Å². The van der Waals surface area contributed by atoms with Crippen LogP contribution in [0.4, 0.5) is 0 Å². The second kappa shape index (κ2) is 8.60. The molecular weight excluding hydrogens is 340 g/mol. The summed E-state index contributed by atoms with van der Waals surface area (Å²) in [6, 6.07) is 6.84. The van der Waals surface area contributed by atoms with Crippen molar-refractivity contribution in [1.29, 1.82) is 0 Å². The average Bonchev–Trinajstić information content (AvgIpc) is 2.43. The van der Waals surface area contributed by atoms with Gasteiger partial charge in [0.1, 0.15) is 4.16 Å². The summed E-state index contributed by atoms with van der Waals surface area (Å²) in [7, 11) is -3.39. The van der Waals surface area contributed by atoms with Crippen LogP contribution in [0, 0.1) is 6.92 Å². The lowest BCUT2D eigenvalue weighted by Crippen LogP contribution is -2.20. The minimum absolute atomic E-state index is 0.132. The van der Waals surface area contributed by atoms with Gasteiger partial charge in [0.25, 0.3) is 0 Å². The van der Waals surface area contributed by atoms with Gasteiger partial charge in [-0.25, -0.2) is 8.42 Å². The number of benzene rings is 1. The van der Waals surface area contributed by atoms with Gasteiger partial charge in [-0.3, -0.25) is 0 Å². The van der Waals surface area contributed by atoms with E-state index in [1.165, 1.54) is 0 Å². The zero-order chi connectivity index (χ0) is 15.0. The maximum absolute atomic E-state index is 12.3. The predicted octanol–water partition coefficient (Wildman–Crippen LogP) is 3.86. The number of halogens is 1. The topological polar surface area (TPSA) is 43.4 Å². The van der Waals surface area contributed by atoms with E-state index >= 15 is 0 Å². The lowest BCUT2D eigenvalue weighted by molar-refractivity contribution is 0.175. The van der Waals surface area contributed by atoms with Gasteiger partial charge < -0.3 is 4.74 Å². The molecule has 1 rings (SSSR count). The van der Waals surface area contributed by atoms with Gasteiger partial charge in [-0.05, 0) is 25.5 Å². The average molecular weight is 361 g/mol. The summed E-state index contributed by atoms with van der Waals surface area (Å²) in [5, 5.41) is 0. The molecule has 5 heteroatoms. The highest BCUT2D eigenvalue weighted by atomic mass is 79.9. The van der Waals surface area contributed by atoms with Gasteiger partial charge in [-0.1, -0.05) is 59.1 Å². The molecule has 0 radical (unpaired) electrons. The summed E-state index contributed by atoms with van der Waals surface area (Å²) >= 11 is 3.20. The van der Waals surface area contributed by atoms with Crippen LogP contribution in [-0.2, 0) is 14.6 Å². The van der Waals surface area contributed by atoms with E-state index < -0.39 is 14.0 Å². The lowest BCUT2D eigenvalue weighted by Gasteiger charge is -2.11. The first-order valence-corrected chi connectivity index (χ1v) is 9.12. The molecule has 0 heterocycles. The number of allylic oxidation sites excluding steroid dienone is 1. The monoisotopic (exact) mass is 360 g/mol. The Labute approximate surface area is 130 Å². The number of aryl methyl sites for hydroxylation is 1. The van der Waals surface area contributed by atoms with Crippen molar-refractivity contribution in [3.05, 3.63) is 42.0 Å². The number of alkyl halides is 1. The van der Waals surface area contributed by atoms with Crippen molar-refractivity contribution in [1.82, 2.24) is 0 Å². The molecule has 1 atom stereocenters. The van der Waals surface area contributed by atoms with Crippen molar-refractivity contribution in [2.75, 3.05) is 13.2 Å². The fourth-order valence-corrected chi connectivity index (χ4v) is 3.47. The molecule has 1 unspecified atom stereocenters. The molecule has 0 aliphatic heterocycles. The summed E-state index contributed by atoms with van der Waals surface area (Å²) in [6.45, 7) is 4.60. The summed E-state index contributed by atoms with van der Waals surface area (Å²) in [4.78, 5) is 0.315. The van der Waals surface area contributed by atoms with Crippen LogP contribution in [-0.4, -0.2) is 25.8 Å².